The van der Waals surface area contributed by atoms with Crippen molar-refractivity contribution in [2.45, 2.75) is 32.0 Å². The lowest BCUT2D eigenvalue weighted by Crippen LogP contribution is -2.23. The van der Waals surface area contributed by atoms with Gasteiger partial charge in [0.25, 0.3) is 0 Å². The van der Waals surface area contributed by atoms with E-state index in [0.29, 0.717) is 23.0 Å². The molecule has 106 valence electrons. The molecule has 0 amide bonds. The third-order valence-corrected chi connectivity index (χ3v) is 4.28. The molecule has 2 N–H and O–H groups in total. The van der Waals surface area contributed by atoms with Crippen LogP contribution in [0.2, 0.25) is 5.02 Å². The zero-order valence-electron chi connectivity index (χ0n) is 11.8. The Labute approximate surface area is 119 Å². The third-order valence-electron chi connectivity index (χ3n) is 3.97. The first-order valence-corrected chi connectivity index (χ1v) is 7.10. The first-order valence-electron chi connectivity index (χ1n) is 6.72. The van der Waals surface area contributed by atoms with Gasteiger partial charge in [0, 0.05) is 23.2 Å². The maximum absolute atomic E-state index is 14.5. The van der Waals surface area contributed by atoms with Crippen LogP contribution in [0.1, 0.15) is 37.4 Å². The van der Waals surface area contributed by atoms with Crippen LogP contribution in [0.4, 0.5) is 4.39 Å². The van der Waals surface area contributed by atoms with Crippen molar-refractivity contribution in [1.29, 1.82) is 0 Å². The summed E-state index contributed by atoms with van der Waals surface area (Å²) in [6, 6.07) is 5.85. The van der Waals surface area contributed by atoms with E-state index in [2.05, 4.69) is 11.9 Å². The molecule has 0 aromatic heterocycles. The van der Waals surface area contributed by atoms with Crippen LogP contribution in [0, 0.1) is 5.92 Å². The number of nitrogens with two attached hydrogens (primary N) is 1. The van der Waals surface area contributed by atoms with Crippen LogP contribution in [-0.2, 0) is 5.67 Å². The molecule has 1 aliphatic rings. The minimum absolute atomic E-state index is 0.206. The summed E-state index contributed by atoms with van der Waals surface area (Å²) < 4.78 is 14.5. The fourth-order valence-corrected chi connectivity index (χ4v) is 3.49. The van der Waals surface area contributed by atoms with E-state index in [1.165, 1.54) is 0 Å². The molecule has 0 bridgehead atoms. The van der Waals surface area contributed by atoms with Gasteiger partial charge in [-0.15, -0.1) is 0 Å². The fraction of sp³-hybridized carbons (Fsp3) is 0.600. The van der Waals surface area contributed by atoms with Crippen molar-refractivity contribution >= 4 is 11.6 Å². The highest BCUT2D eigenvalue weighted by Gasteiger charge is 2.35. The second kappa shape index (κ2) is 5.39. The Morgan fingerprint density at radius 1 is 1.47 bits per heavy atom. The summed E-state index contributed by atoms with van der Waals surface area (Å²) in [7, 11) is 2.07. The normalized spacial score (nSPS) is 24.9. The zero-order chi connectivity index (χ0) is 14.2. The lowest BCUT2D eigenvalue weighted by molar-refractivity contribution is 0.214. The molecular weight excluding hydrogens is 263 g/mol. The van der Waals surface area contributed by atoms with E-state index < -0.39 is 5.67 Å². The summed E-state index contributed by atoms with van der Waals surface area (Å²) in [5.41, 5.74) is 5.94. The van der Waals surface area contributed by atoms with Crippen LogP contribution in [0.3, 0.4) is 0 Å². The number of alkyl halides is 1. The molecule has 2 unspecified atom stereocenters. The summed E-state index contributed by atoms with van der Waals surface area (Å²) in [6.07, 6.45) is 0.969. The van der Waals surface area contributed by atoms with Crippen LogP contribution in [0.15, 0.2) is 18.2 Å². The van der Waals surface area contributed by atoms with E-state index in [0.717, 1.165) is 18.5 Å². The van der Waals surface area contributed by atoms with Crippen molar-refractivity contribution in [2.75, 3.05) is 20.1 Å². The molecule has 1 aromatic rings. The van der Waals surface area contributed by atoms with Crippen molar-refractivity contribution in [3.63, 3.8) is 0 Å². The van der Waals surface area contributed by atoms with Crippen molar-refractivity contribution in [3.05, 3.63) is 34.3 Å². The zero-order valence-corrected chi connectivity index (χ0v) is 12.5. The number of hydrogen-bond donors (Lipinski definition) is 1. The second-order valence-electron chi connectivity index (χ2n) is 5.97. The fourth-order valence-electron chi connectivity index (χ4n) is 3.09. The largest absolute Gasteiger partial charge is 0.330 e. The average molecular weight is 285 g/mol. The van der Waals surface area contributed by atoms with E-state index in [1.54, 1.807) is 19.9 Å². The van der Waals surface area contributed by atoms with Crippen LogP contribution in [0.5, 0.6) is 0 Å². The molecule has 19 heavy (non-hydrogen) atoms. The van der Waals surface area contributed by atoms with E-state index >= 15 is 0 Å². The number of nitrogens with zero attached hydrogens (tertiary/aromatic N) is 1. The topological polar surface area (TPSA) is 29.3 Å². The molecule has 0 spiro atoms. The molecule has 0 aliphatic carbocycles. The van der Waals surface area contributed by atoms with E-state index in [1.807, 2.05) is 12.1 Å². The number of rotatable bonds is 3. The third kappa shape index (κ3) is 2.93. The predicted molar refractivity (Wildman–Crippen MR) is 78.1 cm³/mol. The molecule has 1 heterocycles. The van der Waals surface area contributed by atoms with Crippen LogP contribution in [0.25, 0.3) is 0 Å². The Balaban J connectivity index is 2.43. The van der Waals surface area contributed by atoms with E-state index in [-0.39, 0.29) is 6.04 Å². The van der Waals surface area contributed by atoms with E-state index in [4.69, 9.17) is 17.3 Å². The highest BCUT2D eigenvalue weighted by atomic mass is 35.5. The van der Waals surface area contributed by atoms with Gasteiger partial charge in [-0.05, 0) is 51.4 Å². The predicted octanol–water partition coefficient (Wildman–Crippen LogP) is 3.50. The van der Waals surface area contributed by atoms with Gasteiger partial charge in [0.1, 0.15) is 5.67 Å². The van der Waals surface area contributed by atoms with Gasteiger partial charge in [0.15, 0.2) is 0 Å². The maximum atomic E-state index is 14.5. The van der Waals surface area contributed by atoms with Gasteiger partial charge in [-0.3, -0.25) is 4.90 Å². The number of halogens is 2. The quantitative estimate of drug-likeness (QED) is 0.920. The van der Waals surface area contributed by atoms with Gasteiger partial charge in [-0.25, -0.2) is 4.39 Å². The van der Waals surface area contributed by atoms with Crippen molar-refractivity contribution < 1.29 is 4.39 Å². The maximum Gasteiger partial charge on any atom is 0.132 e. The number of hydrogen-bond acceptors (Lipinski definition) is 2. The minimum atomic E-state index is -1.44. The van der Waals surface area contributed by atoms with Gasteiger partial charge in [-0.2, -0.15) is 0 Å². The molecule has 4 heteroatoms. The Hall–Kier alpha value is -0.640. The monoisotopic (exact) mass is 284 g/mol. The lowest BCUT2D eigenvalue weighted by atomic mass is 9.89. The van der Waals surface area contributed by atoms with Gasteiger partial charge in [-0.1, -0.05) is 23.7 Å². The minimum Gasteiger partial charge on any atom is -0.330 e. The summed E-state index contributed by atoms with van der Waals surface area (Å²) >= 11 is 6.23. The molecule has 0 radical (unpaired) electrons. The molecule has 2 nitrogen and oxygen atoms in total. The molecule has 1 fully saturated rings. The van der Waals surface area contributed by atoms with E-state index in [9.17, 15) is 4.39 Å². The summed E-state index contributed by atoms with van der Waals surface area (Å²) in [6.45, 7) is 4.76. The SMILES string of the molecule is CN1CC(CN)CC1c1cccc(Cl)c1C(C)(C)F. The smallest absolute Gasteiger partial charge is 0.132 e. The highest BCUT2D eigenvalue weighted by Crippen LogP contribution is 2.42. The average Bonchev–Trinajstić information content (AvgIpc) is 2.68. The standard InChI is InChI=1S/C15H22ClFN2/c1-15(2,17)14-11(5-4-6-12(14)16)13-7-10(8-18)9-19(13)3/h4-6,10,13H,7-9,18H2,1-3H3. The Bertz CT molecular complexity index is 456. The number of benzene rings is 1. The van der Waals surface area contributed by atoms with Gasteiger partial charge >= 0.3 is 0 Å². The molecule has 0 saturated carbocycles. The molecule has 1 saturated heterocycles. The van der Waals surface area contributed by atoms with Crippen molar-refractivity contribution in [3.8, 4) is 0 Å². The molecule has 1 aliphatic heterocycles. The summed E-state index contributed by atoms with van der Waals surface area (Å²) in [5, 5.41) is 0.509. The first kappa shape index (κ1) is 14.8. The molecule has 2 atom stereocenters. The van der Waals surface area contributed by atoms with Gasteiger partial charge in [0.2, 0.25) is 0 Å². The Kier molecular flexibility index (Phi) is 4.19. The van der Waals surface area contributed by atoms with Crippen LogP contribution >= 0.6 is 11.6 Å². The van der Waals surface area contributed by atoms with Crippen molar-refractivity contribution in [1.82, 2.24) is 4.90 Å². The Morgan fingerprint density at radius 2 is 2.16 bits per heavy atom. The molecular formula is C15H22ClFN2. The first-order chi connectivity index (χ1) is 8.84. The van der Waals surface area contributed by atoms with Crippen LogP contribution in [-0.4, -0.2) is 25.0 Å². The second-order valence-corrected chi connectivity index (χ2v) is 6.38. The number of likely N-dealkylation sites (tertiary alicyclic amines) is 1. The molecule has 2 rings (SSSR count). The van der Waals surface area contributed by atoms with Gasteiger partial charge < -0.3 is 5.73 Å². The van der Waals surface area contributed by atoms with Crippen LogP contribution < -0.4 is 5.73 Å². The van der Waals surface area contributed by atoms with Crippen molar-refractivity contribution in [2.24, 2.45) is 11.7 Å². The van der Waals surface area contributed by atoms with Gasteiger partial charge in [0.05, 0.1) is 0 Å². The molecule has 1 aromatic carbocycles. The summed E-state index contributed by atoms with van der Waals surface area (Å²) in [4.78, 5) is 2.25. The highest BCUT2D eigenvalue weighted by molar-refractivity contribution is 6.31. The summed E-state index contributed by atoms with van der Waals surface area (Å²) in [5.74, 6) is 0.476. The lowest BCUT2D eigenvalue weighted by Gasteiger charge is -2.27. The Morgan fingerprint density at radius 3 is 2.68 bits per heavy atom.